The highest BCUT2D eigenvalue weighted by molar-refractivity contribution is 6.37. The molecule has 43 heavy (non-hydrogen) atoms. The lowest BCUT2D eigenvalue weighted by Crippen LogP contribution is -2.30. The Morgan fingerprint density at radius 3 is 2.19 bits per heavy atom. The number of ketones is 1. The lowest BCUT2D eigenvalue weighted by atomic mass is 9.81. The van der Waals surface area contributed by atoms with Crippen LogP contribution in [0.25, 0.3) is 22.2 Å². The van der Waals surface area contributed by atoms with Crippen LogP contribution in [0.15, 0.2) is 60.7 Å². The number of anilines is 1. The molecule has 2 amide bonds. The highest BCUT2D eigenvalue weighted by atomic mass is 35.5. The topological polar surface area (TPSA) is 93.6 Å². The Hall–Kier alpha value is -3.78. The Morgan fingerprint density at radius 2 is 1.53 bits per heavy atom. The predicted molar refractivity (Wildman–Crippen MR) is 166 cm³/mol. The van der Waals surface area contributed by atoms with E-state index in [1.165, 1.54) is 23.1 Å². The minimum atomic E-state index is -0.721. The van der Waals surface area contributed by atoms with Crippen molar-refractivity contribution in [3.05, 3.63) is 92.4 Å². The molecular formula is C33H25Cl3N2O5. The summed E-state index contributed by atoms with van der Waals surface area (Å²) in [5.41, 5.74) is 3.18. The number of hydrogen-bond acceptors (Lipinski definition) is 6. The van der Waals surface area contributed by atoms with E-state index in [9.17, 15) is 19.2 Å². The first kappa shape index (κ1) is 29.3. The van der Waals surface area contributed by atoms with Gasteiger partial charge in [-0.2, -0.15) is 0 Å². The van der Waals surface area contributed by atoms with E-state index in [1.807, 2.05) is 0 Å². The van der Waals surface area contributed by atoms with Gasteiger partial charge in [0, 0.05) is 26.6 Å². The Morgan fingerprint density at radius 1 is 0.860 bits per heavy atom. The molecule has 1 saturated carbocycles. The molecule has 2 heterocycles. The Labute approximate surface area is 262 Å². The van der Waals surface area contributed by atoms with Gasteiger partial charge < -0.3 is 4.74 Å². The first-order valence-electron chi connectivity index (χ1n) is 13.9. The molecule has 1 aliphatic heterocycles. The fourth-order valence-corrected chi connectivity index (χ4v) is 6.59. The van der Waals surface area contributed by atoms with Gasteiger partial charge in [-0.3, -0.25) is 19.3 Å². The molecule has 0 spiro atoms. The van der Waals surface area contributed by atoms with Crippen LogP contribution in [0.5, 0.6) is 0 Å². The molecule has 0 bridgehead atoms. The molecule has 2 aliphatic rings. The second kappa shape index (κ2) is 11.7. The van der Waals surface area contributed by atoms with Crippen LogP contribution >= 0.6 is 34.8 Å². The number of carbonyl (C=O) groups is 4. The first-order chi connectivity index (χ1) is 20.6. The summed E-state index contributed by atoms with van der Waals surface area (Å²) < 4.78 is 5.43. The van der Waals surface area contributed by atoms with Crippen molar-refractivity contribution >= 4 is 75.0 Å². The summed E-state index contributed by atoms with van der Waals surface area (Å²) in [7, 11) is 0. The minimum Gasteiger partial charge on any atom is -0.454 e. The first-order valence-corrected chi connectivity index (χ1v) is 15.0. The number of amides is 2. The number of benzene rings is 3. The zero-order valence-electron chi connectivity index (χ0n) is 23.0. The van der Waals surface area contributed by atoms with Gasteiger partial charge in [-0.15, -0.1) is 0 Å². The van der Waals surface area contributed by atoms with E-state index in [0.29, 0.717) is 43.5 Å². The summed E-state index contributed by atoms with van der Waals surface area (Å²) in [6.07, 6.45) is 3.39. The van der Waals surface area contributed by atoms with Gasteiger partial charge in [0.15, 0.2) is 6.61 Å². The maximum Gasteiger partial charge on any atom is 0.339 e. The quantitative estimate of drug-likeness (QED) is 0.122. The standard InChI is InChI=1S/C33H25Cl3N2O5/c1-17-26(35)13-12-21-25(33(42)43-16-29(39)24-11-8-19(34)14-27(24)36)15-28(37-30(17)21)18-6-9-20(10-7-18)38-31(40)22-4-2-3-5-23(22)32(38)41/h6-15,22-23H,2-5,16H2,1H3. The smallest absolute Gasteiger partial charge is 0.339 e. The van der Waals surface area contributed by atoms with E-state index >= 15 is 0 Å². The van der Waals surface area contributed by atoms with Crippen molar-refractivity contribution < 1.29 is 23.9 Å². The van der Waals surface area contributed by atoms with E-state index in [4.69, 9.17) is 44.5 Å². The van der Waals surface area contributed by atoms with Gasteiger partial charge in [0.1, 0.15) is 0 Å². The zero-order valence-corrected chi connectivity index (χ0v) is 25.3. The molecule has 2 fully saturated rings. The van der Waals surface area contributed by atoms with Crippen molar-refractivity contribution in [3.8, 4) is 11.3 Å². The third kappa shape index (κ3) is 5.42. The average Bonchev–Trinajstić information content (AvgIpc) is 3.26. The number of aromatic nitrogens is 1. The lowest BCUT2D eigenvalue weighted by molar-refractivity contribution is -0.122. The molecule has 1 saturated heterocycles. The molecule has 0 radical (unpaired) electrons. The van der Waals surface area contributed by atoms with E-state index in [1.54, 1.807) is 49.4 Å². The molecule has 218 valence electrons. The van der Waals surface area contributed by atoms with Gasteiger partial charge in [-0.05, 0) is 67.8 Å². The number of nitrogens with zero attached hydrogens (tertiary/aromatic N) is 2. The maximum atomic E-state index is 13.4. The third-order valence-electron chi connectivity index (χ3n) is 8.22. The fraction of sp³-hybridized carbons (Fsp3) is 0.242. The van der Waals surface area contributed by atoms with E-state index in [-0.39, 0.29) is 39.8 Å². The summed E-state index contributed by atoms with van der Waals surface area (Å²) in [4.78, 5) is 58.3. The summed E-state index contributed by atoms with van der Waals surface area (Å²) in [6, 6.07) is 16.3. The Bertz CT molecular complexity index is 1800. The van der Waals surface area contributed by atoms with Gasteiger partial charge in [0.05, 0.1) is 39.3 Å². The van der Waals surface area contributed by atoms with Gasteiger partial charge in [-0.25, -0.2) is 9.78 Å². The summed E-state index contributed by atoms with van der Waals surface area (Å²) in [5, 5.41) is 1.54. The molecule has 1 aromatic heterocycles. The molecule has 1 aliphatic carbocycles. The molecule has 0 N–H and O–H groups in total. The molecule has 3 aromatic carbocycles. The van der Waals surface area contributed by atoms with Crippen molar-refractivity contribution in [3.63, 3.8) is 0 Å². The molecule has 10 heteroatoms. The van der Waals surface area contributed by atoms with Crippen molar-refractivity contribution in [2.45, 2.75) is 32.6 Å². The highest BCUT2D eigenvalue weighted by Gasteiger charge is 2.48. The van der Waals surface area contributed by atoms with Crippen LogP contribution < -0.4 is 4.90 Å². The summed E-state index contributed by atoms with van der Waals surface area (Å²) in [6.45, 7) is 1.27. The second-order valence-corrected chi connectivity index (χ2v) is 12.1. The number of hydrogen-bond donors (Lipinski definition) is 0. The number of esters is 1. The fourth-order valence-electron chi connectivity index (χ4n) is 5.92. The number of Topliss-reactive ketones (excluding diaryl/α,β-unsaturated/α-hetero) is 1. The largest absolute Gasteiger partial charge is 0.454 e. The number of pyridine rings is 1. The predicted octanol–water partition coefficient (Wildman–Crippen LogP) is 7.89. The number of fused-ring (bicyclic) bond motifs is 2. The SMILES string of the molecule is Cc1c(Cl)ccc2c(C(=O)OCC(=O)c3ccc(Cl)cc3Cl)cc(-c3ccc(N4C(=O)C5CCCCC5C4=O)cc3)nc12. The van der Waals surface area contributed by atoms with Crippen LogP contribution in [0.2, 0.25) is 15.1 Å². The van der Waals surface area contributed by atoms with Gasteiger partial charge in [-0.1, -0.05) is 65.8 Å². The average molecular weight is 636 g/mol. The van der Waals surface area contributed by atoms with Gasteiger partial charge in [0.2, 0.25) is 17.6 Å². The van der Waals surface area contributed by atoms with Crippen LogP contribution in [0, 0.1) is 18.8 Å². The van der Waals surface area contributed by atoms with Crippen molar-refractivity contribution in [2.75, 3.05) is 11.5 Å². The number of ether oxygens (including phenoxy) is 1. The van der Waals surface area contributed by atoms with Gasteiger partial charge in [0.25, 0.3) is 0 Å². The van der Waals surface area contributed by atoms with Gasteiger partial charge >= 0.3 is 5.97 Å². The molecule has 6 rings (SSSR count). The lowest BCUT2D eigenvalue weighted by Gasteiger charge is -2.19. The highest BCUT2D eigenvalue weighted by Crippen LogP contribution is 2.40. The molecule has 2 unspecified atom stereocenters. The van der Waals surface area contributed by atoms with E-state index in [2.05, 4.69) is 0 Å². The second-order valence-electron chi connectivity index (χ2n) is 10.8. The normalized spacial score (nSPS) is 18.2. The number of rotatable bonds is 6. The Kier molecular flexibility index (Phi) is 7.98. The molecule has 2 atom stereocenters. The van der Waals surface area contributed by atoms with Crippen molar-refractivity contribution in [1.29, 1.82) is 0 Å². The van der Waals surface area contributed by atoms with Crippen molar-refractivity contribution in [2.24, 2.45) is 11.8 Å². The van der Waals surface area contributed by atoms with E-state index < -0.39 is 18.4 Å². The molecular weight excluding hydrogens is 611 g/mol. The number of carbonyl (C=O) groups excluding carboxylic acids is 4. The molecule has 7 nitrogen and oxygen atoms in total. The van der Waals surface area contributed by atoms with Crippen molar-refractivity contribution in [1.82, 2.24) is 4.98 Å². The number of imide groups is 1. The zero-order chi connectivity index (χ0) is 30.4. The number of aryl methyl sites for hydroxylation is 1. The number of halogens is 3. The van der Waals surface area contributed by atoms with E-state index in [0.717, 1.165) is 25.7 Å². The van der Waals surface area contributed by atoms with Crippen LogP contribution in [0.4, 0.5) is 5.69 Å². The van der Waals surface area contributed by atoms with Crippen LogP contribution in [-0.2, 0) is 14.3 Å². The summed E-state index contributed by atoms with van der Waals surface area (Å²) >= 11 is 18.5. The monoisotopic (exact) mass is 634 g/mol. The third-order valence-corrected chi connectivity index (χ3v) is 9.17. The minimum absolute atomic E-state index is 0.143. The Balaban J connectivity index is 1.31. The van der Waals surface area contributed by atoms with Crippen LogP contribution in [0.3, 0.4) is 0 Å². The maximum absolute atomic E-state index is 13.4. The van der Waals surface area contributed by atoms with Crippen LogP contribution in [-0.4, -0.2) is 35.2 Å². The van der Waals surface area contributed by atoms with Crippen LogP contribution in [0.1, 0.15) is 52.0 Å². The summed E-state index contributed by atoms with van der Waals surface area (Å²) in [5.74, 6) is -1.97. The molecule has 4 aromatic rings.